The van der Waals surface area contributed by atoms with E-state index in [4.69, 9.17) is 4.74 Å². The van der Waals surface area contributed by atoms with Crippen LogP contribution in [-0.2, 0) is 9.53 Å². The molecule has 0 aliphatic heterocycles. The zero-order valence-corrected chi connectivity index (χ0v) is 12.1. The average Bonchev–Trinajstić information content (AvgIpc) is 3.01. The van der Waals surface area contributed by atoms with E-state index in [1.807, 2.05) is 41.2 Å². The quantitative estimate of drug-likeness (QED) is 0.857. The summed E-state index contributed by atoms with van der Waals surface area (Å²) in [6.45, 7) is 3.63. The third kappa shape index (κ3) is 3.72. The zero-order chi connectivity index (χ0) is 15.2. The molecule has 1 unspecified atom stereocenters. The lowest BCUT2D eigenvalue weighted by atomic mass is 10.2. The van der Waals surface area contributed by atoms with Gasteiger partial charge in [-0.05, 0) is 50.2 Å². The van der Waals surface area contributed by atoms with Gasteiger partial charge in [-0.3, -0.25) is 4.79 Å². The topological polar surface area (TPSA) is 60.3 Å². The van der Waals surface area contributed by atoms with Crippen molar-refractivity contribution in [2.75, 3.05) is 6.61 Å². The molecule has 0 bridgehead atoms. The molecular weight excluding hydrogens is 268 g/mol. The maximum atomic E-state index is 12.0. The first-order valence-corrected chi connectivity index (χ1v) is 6.82. The molecule has 1 atom stereocenters. The van der Waals surface area contributed by atoms with Crippen LogP contribution in [0.25, 0.3) is 5.69 Å². The molecule has 1 amide bonds. The first-order chi connectivity index (χ1) is 10.1. The summed E-state index contributed by atoms with van der Waals surface area (Å²) in [6.07, 6.45) is 3.86. The highest BCUT2D eigenvalue weighted by molar-refractivity contribution is 5.96. The molecule has 2 rings (SSSR count). The predicted octanol–water partition coefficient (Wildman–Crippen LogP) is 2.16. The molecule has 110 valence electrons. The second-order valence-corrected chi connectivity index (χ2v) is 4.58. The molecule has 2 aromatic rings. The summed E-state index contributed by atoms with van der Waals surface area (Å²) >= 11 is 0. The molecule has 0 aliphatic rings. The lowest BCUT2D eigenvalue weighted by molar-refractivity contribution is -0.144. The monoisotopic (exact) mass is 286 g/mol. The minimum Gasteiger partial charge on any atom is -0.464 e. The molecule has 0 aliphatic carbocycles. The van der Waals surface area contributed by atoms with Gasteiger partial charge < -0.3 is 14.6 Å². The Bertz CT molecular complexity index is 603. The second kappa shape index (κ2) is 6.74. The summed E-state index contributed by atoms with van der Waals surface area (Å²) in [5.74, 6) is -0.732. The molecule has 0 spiro atoms. The van der Waals surface area contributed by atoms with Gasteiger partial charge in [0.15, 0.2) is 0 Å². The first-order valence-electron chi connectivity index (χ1n) is 6.82. The van der Waals surface area contributed by atoms with Crippen LogP contribution >= 0.6 is 0 Å². The summed E-state index contributed by atoms with van der Waals surface area (Å²) in [7, 11) is 0. The van der Waals surface area contributed by atoms with E-state index < -0.39 is 12.0 Å². The Morgan fingerprint density at radius 1 is 1.19 bits per heavy atom. The van der Waals surface area contributed by atoms with Crippen LogP contribution in [0.2, 0.25) is 0 Å². The van der Waals surface area contributed by atoms with Crippen molar-refractivity contribution in [3.05, 3.63) is 54.4 Å². The van der Waals surface area contributed by atoms with Crippen LogP contribution in [0.15, 0.2) is 48.8 Å². The fraction of sp³-hybridized carbons (Fsp3) is 0.250. The van der Waals surface area contributed by atoms with Crippen LogP contribution in [-0.4, -0.2) is 29.1 Å². The van der Waals surface area contributed by atoms with Gasteiger partial charge in [0.1, 0.15) is 6.04 Å². The van der Waals surface area contributed by atoms with E-state index in [-0.39, 0.29) is 5.91 Å². The molecule has 1 heterocycles. The Morgan fingerprint density at radius 2 is 1.81 bits per heavy atom. The number of rotatable bonds is 5. The van der Waals surface area contributed by atoms with E-state index in [1.54, 1.807) is 26.0 Å². The Hall–Kier alpha value is -2.56. The molecule has 1 N–H and O–H groups in total. The van der Waals surface area contributed by atoms with Crippen molar-refractivity contribution in [1.82, 2.24) is 9.88 Å². The predicted molar refractivity (Wildman–Crippen MR) is 79.3 cm³/mol. The normalized spacial score (nSPS) is 11.7. The standard InChI is InChI=1S/C16H18N2O3/c1-3-21-16(20)12(2)17-15(19)13-6-8-14(9-7-13)18-10-4-5-11-18/h4-12H,3H2,1-2H3,(H,17,19). The zero-order valence-electron chi connectivity index (χ0n) is 12.1. The molecule has 5 nitrogen and oxygen atoms in total. The fourth-order valence-corrected chi connectivity index (χ4v) is 1.90. The van der Waals surface area contributed by atoms with Crippen LogP contribution < -0.4 is 5.32 Å². The number of amides is 1. The van der Waals surface area contributed by atoms with Crippen molar-refractivity contribution in [3.63, 3.8) is 0 Å². The molecule has 0 saturated carbocycles. The number of nitrogens with zero attached hydrogens (tertiary/aromatic N) is 1. The first kappa shape index (κ1) is 14.8. The number of hydrogen-bond donors (Lipinski definition) is 1. The summed E-state index contributed by atoms with van der Waals surface area (Å²) in [4.78, 5) is 23.5. The van der Waals surface area contributed by atoms with Crippen LogP contribution in [0, 0.1) is 0 Å². The lowest BCUT2D eigenvalue weighted by Gasteiger charge is -2.12. The third-order valence-electron chi connectivity index (χ3n) is 3.02. The number of esters is 1. The van der Waals surface area contributed by atoms with Crippen LogP contribution in [0.3, 0.4) is 0 Å². The summed E-state index contributed by atoms with van der Waals surface area (Å²) in [6, 6.07) is 10.4. The molecule has 0 fully saturated rings. The number of benzene rings is 1. The Balaban J connectivity index is 2.02. The van der Waals surface area contributed by atoms with Crippen molar-refractivity contribution < 1.29 is 14.3 Å². The maximum Gasteiger partial charge on any atom is 0.328 e. The Kier molecular flexibility index (Phi) is 4.77. The van der Waals surface area contributed by atoms with Crippen LogP contribution in [0.5, 0.6) is 0 Å². The van der Waals surface area contributed by atoms with E-state index in [0.29, 0.717) is 12.2 Å². The maximum absolute atomic E-state index is 12.0. The van der Waals surface area contributed by atoms with Gasteiger partial charge in [0, 0.05) is 23.6 Å². The van der Waals surface area contributed by atoms with Gasteiger partial charge >= 0.3 is 5.97 Å². The largest absolute Gasteiger partial charge is 0.464 e. The number of ether oxygens (including phenoxy) is 1. The molecule has 1 aromatic heterocycles. The smallest absolute Gasteiger partial charge is 0.328 e. The van der Waals surface area contributed by atoms with Gasteiger partial charge in [0.25, 0.3) is 5.91 Å². The van der Waals surface area contributed by atoms with E-state index in [1.165, 1.54) is 0 Å². The van der Waals surface area contributed by atoms with Crippen molar-refractivity contribution >= 4 is 11.9 Å². The number of nitrogens with one attached hydrogen (secondary N) is 1. The molecule has 21 heavy (non-hydrogen) atoms. The van der Waals surface area contributed by atoms with Crippen molar-refractivity contribution in [2.45, 2.75) is 19.9 Å². The number of carbonyl (C=O) groups excluding carboxylic acids is 2. The van der Waals surface area contributed by atoms with Gasteiger partial charge in [-0.15, -0.1) is 0 Å². The fourth-order valence-electron chi connectivity index (χ4n) is 1.90. The number of hydrogen-bond acceptors (Lipinski definition) is 3. The summed E-state index contributed by atoms with van der Waals surface area (Å²) < 4.78 is 6.80. The van der Waals surface area contributed by atoms with Crippen LogP contribution in [0.4, 0.5) is 0 Å². The molecular formula is C16H18N2O3. The van der Waals surface area contributed by atoms with Crippen molar-refractivity contribution in [3.8, 4) is 5.69 Å². The SMILES string of the molecule is CCOC(=O)C(C)NC(=O)c1ccc(-n2cccc2)cc1. The second-order valence-electron chi connectivity index (χ2n) is 4.58. The summed E-state index contributed by atoms with van der Waals surface area (Å²) in [5.41, 5.74) is 1.47. The molecule has 5 heteroatoms. The average molecular weight is 286 g/mol. The van der Waals surface area contributed by atoms with Gasteiger partial charge in [-0.1, -0.05) is 0 Å². The number of carbonyl (C=O) groups is 2. The minimum absolute atomic E-state index is 0.296. The van der Waals surface area contributed by atoms with E-state index in [9.17, 15) is 9.59 Å². The van der Waals surface area contributed by atoms with E-state index in [0.717, 1.165) is 5.69 Å². The Labute approximate surface area is 123 Å². The third-order valence-corrected chi connectivity index (χ3v) is 3.02. The van der Waals surface area contributed by atoms with E-state index in [2.05, 4.69) is 5.32 Å². The minimum atomic E-state index is -0.665. The van der Waals surface area contributed by atoms with Crippen molar-refractivity contribution in [2.24, 2.45) is 0 Å². The number of aromatic nitrogens is 1. The van der Waals surface area contributed by atoms with Gasteiger partial charge in [-0.2, -0.15) is 0 Å². The van der Waals surface area contributed by atoms with Gasteiger partial charge in [-0.25, -0.2) is 4.79 Å². The highest BCUT2D eigenvalue weighted by atomic mass is 16.5. The Morgan fingerprint density at radius 3 is 2.38 bits per heavy atom. The van der Waals surface area contributed by atoms with E-state index >= 15 is 0 Å². The molecule has 0 saturated heterocycles. The van der Waals surface area contributed by atoms with Gasteiger partial charge in [0.05, 0.1) is 6.61 Å². The van der Waals surface area contributed by atoms with Crippen molar-refractivity contribution in [1.29, 1.82) is 0 Å². The van der Waals surface area contributed by atoms with Crippen LogP contribution in [0.1, 0.15) is 24.2 Å². The summed E-state index contributed by atoms with van der Waals surface area (Å²) in [5, 5.41) is 2.61. The molecule has 1 aromatic carbocycles. The molecule has 0 radical (unpaired) electrons. The highest BCUT2D eigenvalue weighted by Crippen LogP contribution is 2.10. The highest BCUT2D eigenvalue weighted by Gasteiger charge is 2.17. The lowest BCUT2D eigenvalue weighted by Crippen LogP contribution is -2.39. The van der Waals surface area contributed by atoms with Gasteiger partial charge in [0.2, 0.25) is 0 Å².